The van der Waals surface area contributed by atoms with Gasteiger partial charge >= 0.3 is 0 Å². The van der Waals surface area contributed by atoms with Crippen LogP contribution in [0.2, 0.25) is 0 Å². The number of hydrogen-bond acceptors (Lipinski definition) is 3. The fourth-order valence-electron chi connectivity index (χ4n) is 2.18. The first-order valence-corrected chi connectivity index (χ1v) is 6.35. The molecule has 0 aromatic carbocycles. The van der Waals surface area contributed by atoms with E-state index in [0.717, 1.165) is 12.8 Å². The van der Waals surface area contributed by atoms with Gasteiger partial charge in [0.2, 0.25) is 5.91 Å². The molecule has 0 spiro atoms. The minimum Gasteiger partial charge on any atom is -0.472 e. The predicted octanol–water partition coefficient (Wildman–Crippen LogP) is 1.46. The number of nitrogens with one attached hydrogen (secondary N) is 2. The van der Waals surface area contributed by atoms with Crippen molar-refractivity contribution in [3.8, 4) is 0 Å². The first-order chi connectivity index (χ1) is 8.75. The van der Waals surface area contributed by atoms with Crippen LogP contribution in [0.4, 0.5) is 0 Å². The standard InChI is InChI=1S/C13H18N2O3/c16-12(15-11-4-2-1-3-5-11)8-14-13(17)10-6-7-18-9-10/h6-7,9,11H,1-5,8H2,(H,14,17)(H,15,16). The predicted molar refractivity (Wildman–Crippen MR) is 66.1 cm³/mol. The van der Waals surface area contributed by atoms with Crippen LogP contribution in [0.5, 0.6) is 0 Å². The van der Waals surface area contributed by atoms with Gasteiger partial charge in [0.1, 0.15) is 6.26 Å². The van der Waals surface area contributed by atoms with E-state index in [2.05, 4.69) is 10.6 Å². The zero-order valence-corrected chi connectivity index (χ0v) is 10.3. The molecule has 1 fully saturated rings. The molecule has 0 saturated heterocycles. The highest BCUT2D eigenvalue weighted by Crippen LogP contribution is 2.17. The average molecular weight is 250 g/mol. The molecule has 98 valence electrons. The van der Waals surface area contributed by atoms with E-state index in [4.69, 9.17) is 4.42 Å². The molecule has 0 unspecified atom stereocenters. The Morgan fingerprint density at radius 3 is 2.72 bits per heavy atom. The van der Waals surface area contributed by atoms with Gasteiger partial charge in [-0.15, -0.1) is 0 Å². The molecule has 0 atom stereocenters. The fraction of sp³-hybridized carbons (Fsp3) is 0.538. The second-order valence-corrected chi connectivity index (χ2v) is 4.60. The highest BCUT2D eigenvalue weighted by molar-refractivity contribution is 5.96. The molecule has 5 nitrogen and oxygen atoms in total. The largest absolute Gasteiger partial charge is 0.472 e. The van der Waals surface area contributed by atoms with Crippen LogP contribution in [0.15, 0.2) is 23.0 Å². The lowest BCUT2D eigenvalue weighted by atomic mass is 9.95. The van der Waals surface area contributed by atoms with Crippen LogP contribution in [-0.4, -0.2) is 24.4 Å². The normalized spacial score (nSPS) is 16.2. The van der Waals surface area contributed by atoms with E-state index in [1.807, 2.05) is 0 Å². The molecule has 1 saturated carbocycles. The molecule has 0 bridgehead atoms. The van der Waals surface area contributed by atoms with E-state index in [1.165, 1.54) is 31.8 Å². The Bertz CT molecular complexity index is 394. The van der Waals surface area contributed by atoms with Gasteiger partial charge in [-0.25, -0.2) is 0 Å². The van der Waals surface area contributed by atoms with E-state index in [-0.39, 0.29) is 24.4 Å². The first-order valence-electron chi connectivity index (χ1n) is 6.35. The third-order valence-electron chi connectivity index (χ3n) is 3.16. The summed E-state index contributed by atoms with van der Waals surface area (Å²) in [4.78, 5) is 23.2. The Morgan fingerprint density at radius 1 is 1.28 bits per heavy atom. The molecule has 1 aliphatic carbocycles. The molecule has 2 N–H and O–H groups in total. The molecule has 1 aromatic heterocycles. The topological polar surface area (TPSA) is 71.3 Å². The van der Waals surface area contributed by atoms with Crippen LogP contribution in [0.3, 0.4) is 0 Å². The van der Waals surface area contributed by atoms with Crippen LogP contribution in [0.1, 0.15) is 42.5 Å². The molecule has 1 aliphatic rings. The maximum Gasteiger partial charge on any atom is 0.254 e. The van der Waals surface area contributed by atoms with Crippen molar-refractivity contribution in [3.05, 3.63) is 24.2 Å². The van der Waals surface area contributed by atoms with Crippen LogP contribution >= 0.6 is 0 Å². The first kappa shape index (κ1) is 12.7. The maximum absolute atomic E-state index is 11.6. The molecule has 18 heavy (non-hydrogen) atoms. The van der Waals surface area contributed by atoms with Gasteiger partial charge in [0.05, 0.1) is 18.4 Å². The number of amides is 2. The van der Waals surface area contributed by atoms with Gasteiger partial charge in [0.25, 0.3) is 5.91 Å². The van der Waals surface area contributed by atoms with Crippen molar-refractivity contribution in [1.82, 2.24) is 10.6 Å². The third-order valence-corrected chi connectivity index (χ3v) is 3.16. The van der Waals surface area contributed by atoms with E-state index < -0.39 is 0 Å². The maximum atomic E-state index is 11.6. The van der Waals surface area contributed by atoms with E-state index in [9.17, 15) is 9.59 Å². The number of carbonyl (C=O) groups excluding carboxylic acids is 2. The highest BCUT2D eigenvalue weighted by atomic mass is 16.3. The summed E-state index contributed by atoms with van der Waals surface area (Å²) in [5.74, 6) is -0.415. The van der Waals surface area contributed by atoms with Gasteiger partial charge in [0, 0.05) is 6.04 Å². The minimum atomic E-state index is -0.289. The summed E-state index contributed by atoms with van der Waals surface area (Å²) >= 11 is 0. The average Bonchev–Trinajstić information content (AvgIpc) is 2.91. The number of rotatable bonds is 4. The highest BCUT2D eigenvalue weighted by Gasteiger charge is 2.16. The van der Waals surface area contributed by atoms with Crippen molar-refractivity contribution in [3.63, 3.8) is 0 Å². The monoisotopic (exact) mass is 250 g/mol. The SMILES string of the molecule is O=C(CNC(=O)c1ccoc1)NC1CCCCC1. The van der Waals surface area contributed by atoms with E-state index in [0.29, 0.717) is 5.56 Å². The van der Waals surface area contributed by atoms with Gasteiger partial charge in [-0.1, -0.05) is 19.3 Å². The molecular formula is C13H18N2O3. The summed E-state index contributed by atoms with van der Waals surface area (Å²) in [7, 11) is 0. The van der Waals surface area contributed by atoms with Gasteiger partial charge in [0.15, 0.2) is 0 Å². The lowest BCUT2D eigenvalue weighted by Crippen LogP contribution is -2.42. The fourth-order valence-corrected chi connectivity index (χ4v) is 2.18. The van der Waals surface area contributed by atoms with E-state index >= 15 is 0 Å². The van der Waals surface area contributed by atoms with Crippen molar-refractivity contribution in [2.45, 2.75) is 38.1 Å². The van der Waals surface area contributed by atoms with Crippen LogP contribution in [-0.2, 0) is 4.79 Å². The minimum absolute atomic E-state index is 0.0144. The summed E-state index contributed by atoms with van der Waals surface area (Å²) in [6, 6.07) is 1.84. The lowest BCUT2D eigenvalue weighted by Gasteiger charge is -2.22. The van der Waals surface area contributed by atoms with Crippen molar-refractivity contribution in [2.24, 2.45) is 0 Å². The quantitative estimate of drug-likeness (QED) is 0.849. The summed E-state index contributed by atoms with van der Waals surface area (Å²) < 4.78 is 4.80. The van der Waals surface area contributed by atoms with Crippen molar-refractivity contribution in [1.29, 1.82) is 0 Å². The molecular weight excluding hydrogens is 232 g/mol. The Kier molecular flexibility index (Phi) is 4.39. The molecule has 0 aliphatic heterocycles. The smallest absolute Gasteiger partial charge is 0.254 e. The Labute approximate surface area is 106 Å². The van der Waals surface area contributed by atoms with Crippen LogP contribution in [0, 0.1) is 0 Å². The third kappa shape index (κ3) is 3.61. The van der Waals surface area contributed by atoms with Crippen LogP contribution in [0.25, 0.3) is 0 Å². The van der Waals surface area contributed by atoms with Gasteiger partial charge in [-0.2, -0.15) is 0 Å². The summed E-state index contributed by atoms with van der Waals surface area (Å²) in [5.41, 5.74) is 0.431. The molecule has 1 heterocycles. The molecule has 1 aromatic rings. The van der Waals surface area contributed by atoms with Gasteiger partial charge in [-0.3, -0.25) is 9.59 Å². The number of furan rings is 1. The zero-order valence-electron chi connectivity index (χ0n) is 10.3. The molecule has 0 radical (unpaired) electrons. The van der Waals surface area contributed by atoms with E-state index in [1.54, 1.807) is 6.07 Å². The molecule has 2 rings (SSSR count). The summed E-state index contributed by atoms with van der Waals surface area (Å²) in [6.45, 7) is 0.0144. The van der Waals surface area contributed by atoms with Crippen molar-refractivity contribution in [2.75, 3.05) is 6.54 Å². The van der Waals surface area contributed by atoms with Gasteiger partial charge < -0.3 is 15.1 Å². The van der Waals surface area contributed by atoms with Crippen molar-refractivity contribution >= 4 is 11.8 Å². The second-order valence-electron chi connectivity index (χ2n) is 4.60. The van der Waals surface area contributed by atoms with Gasteiger partial charge in [-0.05, 0) is 18.9 Å². The number of hydrogen-bond donors (Lipinski definition) is 2. The molecule has 2 amide bonds. The Hall–Kier alpha value is -1.78. The zero-order chi connectivity index (χ0) is 12.8. The Morgan fingerprint density at radius 2 is 2.06 bits per heavy atom. The molecule has 5 heteroatoms. The van der Waals surface area contributed by atoms with Crippen LogP contribution < -0.4 is 10.6 Å². The lowest BCUT2D eigenvalue weighted by molar-refractivity contribution is -0.121. The second kappa shape index (κ2) is 6.23. The van der Waals surface area contributed by atoms with Crippen molar-refractivity contribution < 1.29 is 14.0 Å². The number of carbonyl (C=O) groups is 2. The summed E-state index contributed by atoms with van der Waals surface area (Å²) in [5, 5.41) is 5.51. The Balaban J connectivity index is 1.69. The summed E-state index contributed by atoms with van der Waals surface area (Å²) in [6.07, 6.45) is 8.47.